The maximum atomic E-state index is 12.2. The second kappa shape index (κ2) is 5.26. The van der Waals surface area contributed by atoms with E-state index in [1.807, 2.05) is 25.7 Å². The van der Waals surface area contributed by atoms with Gasteiger partial charge in [-0.3, -0.25) is 0 Å². The number of anilines is 1. The molecule has 0 N–H and O–H groups in total. The molecule has 1 aromatic rings. The number of fused-ring (bicyclic) bond motifs is 2. The average molecular weight is 302 g/mol. The van der Waals surface area contributed by atoms with Crippen molar-refractivity contribution >= 4 is 18.1 Å². The van der Waals surface area contributed by atoms with Crippen LogP contribution in [0.15, 0.2) is 19.0 Å². The summed E-state index contributed by atoms with van der Waals surface area (Å²) in [6, 6.07) is 0.453. The lowest BCUT2D eigenvalue weighted by molar-refractivity contribution is 0.0214. The van der Waals surface area contributed by atoms with Gasteiger partial charge in [0.2, 0.25) is 5.95 Å². The van der Waals surface area contributed by atoms with E-state index >= 15 is 0 Å². The van der Waals surface area contributed by atoms with Crippen molar-refractivity contribution in [2.24, 2.45) is 0 Å². The molecule has 118 valence electrons. The molecule has 3 rings (SSSR count). The van der Waals surface area contributed by atoms with Crippen LogP contribution in [0.5, 0.6) is 0 Å². The van der Waals surface area contributed by atoms with Crippen LogP contribution >= 0.6 is 0 Å². The van der Waals surface area contributed by atoms with Gasteiger partial charge >= 0.3 is 6.09 Å². The zero-order chi connectivity index (χ0) is 15.9. The van der Waals surface area contributed by atoms with Crippen LogP contribution < -0.4 is 4.90 Å². The monoisotopic (exact) mass is 302 g/mol. The van der Waals surface area contributed by atoms with Crippen LogP contribution in [0, 0.1) is 0 Å². The zero-order valence-corrected chi connectivity index (χ0v) is 13.3. The van der Waals surface area contributed by atoms with Gasteiger partial charge in [0.1, 0.15) is 5.60 Å². The Bertz CT molecular complexity index is 579. The highest BCUT2D eigenvalue weighted by Crippen LogP contribution is 2.33. The summed E-state index contributed by atoms with van der Waals surface area (Å²) >= 11 is 0. The molecule has 1 amide bonds. The van der Waals surface area contributed by atoms with Crippen molar-refractivity contribution in [2.45, 2.75) is 44.9 Å². The molecule has 0 aromatic carbocycles. The Morgan fingerprint density at radius 1 is 1.32 bits per heavy atom. The third kappa shape index (κ3) is 2.77. The lowest BCUT2D eigenvalue weighted by atomic mass is 10.2. The molecule has 0 unspecified atom stereocenters. The first-order chi connectivity index (χ1) is 10.4. The predicted molar refractivity (Wildman–Crippen MR) is 84.6 cm³/mol. The number of amides is 1. The highest BCUT2D eigenvalue weighted by Gasteiger charge is 2.47. The number of aromatic nitrogens is 2. The molecule has 2 saturated heterocycles. The van der Waals surface area contributed by atoms with Crippen LogP contribution in [0.25, 0.3) is 6.08 Å². The van der Waals surface area contributed by atoms with Gasteiger partial charge in [0.15, 0.2) is 0 Å². The highest BCUT2D eigenvalue weighted by atomic mass is 16.6. The van der Waals surface area contributed by atoms with Gasteiger partial charge in [0, 0.05) is 31.0 Å². The molecule has 22 heavy (non-hydrogen) atoms. The van der Waals surface area contributed by atoms with Crippen molar-refractivity contribution in [3.05, 3.63) is 24.5 Å². The van der Waals surface area contributed by atoms with Crippen LogP contribution in [0.1, 0.15) is 32.8 Å². The smallest absolute Gasteiger partial charge is 0.410 e. The van der Waals surface area contributed by atoms with Gasteiger partial charge in [-0.15, -0.1) is 0 Å². The second-order valence-electron chi connectivity index (χ2n) is 6.85. The minimum atomic E-state index is -0.456. The van der Waals surface area contributed by atoms with Gasteiger partial charge in [-0.25, -0.2) is 14.8 Å². The molecule has 6 heteroatoms. The standard InChI is InChI=1S/C16H22N4O2/c1-5-11-7-17-14(18-8-11)19-9-13-6-12(19)10-20(13)15(21)22-16(2,3)4/h5,7-8,12-13H,1,6,9-10H2,2-4H3/t12-,13-/m1/s1. The first-order valence-corrected chi connectivity index (χ1v) is 7.58. The largest absolute Gasteiger partial charge is 0.444 e. The summed E-state index contributed by atoms with van der Waals surface area (Å²) in [5.74, 6) is 0.724. The first-order valence-electron chi connectivity index (χ1n) is 7.58. The summed E-state index contributed by atoms with van der Waals surface area (Å²) in [5.41, 5.74) is 0.450. The quantitative estimate of drug-likeness (QED) is 0.839. The maximum Gasteiger partial charge on any atom is 0.410 e. The molecule has 2 atom stereocenters. The van der Waals surface area contributed by atoms with Crippen molar-refractivity contribution in [3.63, 3.8) is 0 Å². The lowest BCUT2D eigenvalue weighted by Gasteiger charge is -2.35. The van der Waals surface area contributed by atoms with Crippen molar-refractivity contribution in [1.29, 1.82) is 0 Å². The first kappa shape index (κ1) is 14.8. The van der Waals surface area contributed by atoms with E-state index in [0.29, 0.717) is 6.54 Å². The summed E-state index contributed by atoms with van der Waals surface area (Å²) in [4.78, 5) is 25.0. The van der Waals surface area contributed by atoms with E-state index in [4.69, 9.17) is 4.74 Å². The number of ether oxygens (including phenoxy) is 1. The molecular formula is C16H22N4O2. The van der Waals surface area contributed by atoms with E-state index < -0.39 is 5.60 Å². The van der Waals surface area contributed by atoms with E-state index in [1.54, 1.807) is 18.5 Å². The van der Waals surface area contributed by atoms with E-state index in [1.165, 1.54) is 0 Å². The van der Waals surface area contributed by atoms with Crippen molar-refractivity contribution in [1.82, 2.24) is 14.9 Å². The minimum Gasteiger partial charge on any atom is -0.444 e. The summed E-state index contributed by atoms with van der Waals surface area (Å²) in [6.45, 7) is 10.8. The molecule has 0 saturated carbocycles. The fraction of sp³-hybridized carbons (Fsp3) is 0.562. The Kier molecular flexibility index (Phi) is 3.54. The SMILES string of the molecule is C=Cc1cnc(N2C[C@H]3C[C@@H]2CN3C(=O)OC(C)(C)C)nc1. The Balaban J connectivity index is 1.66. The Labute approximate surface area is 130 Å². The number of hydrogen-bond donors (Lipinski definition) is 0. The normalized spacial score (nSPS) is 23.8. The molecule has 0 radical (unpaired) electrons. The number of rotatable bonds is 2. The number of nitrogens with zero attached hydrogens (tertiary/aromatic N) is 4. The lowest BCUT2D eigenvalue weighted by Crippen LogP contribution is -2.50. The van der Waals surface area contributed by atoms with E-state index in [2.05, 4.69) is 21.4 Å². The molecular weight excluding hydrogens is 280 g/mol. The van der Waals surface area contributed by atoms with Crippen LogP contribution in [0.2, 0.25) is 0 Å². The molecule has 1 aromatic heterocycles. The van der Waals surface area contributed by atoms with E-state index in [-0.39, 0.29) is 18.2 Å². The van der Waals surface area contributed by atoms with Crippen LogP contribution in [0.3, 0.4) is 0 Å². The second-order valence-corrected chi connectivity index (χ2v) is 6.85. The molecule has 2 aliphatic rings. The number of carbonyl (C=O) groups excluding carboxylic acids is 1. The molecule has 2 bridgehead atoms. The Morgan fingerprint density at radius 2 is 2.00 bits per heavy atom. The van der Waals surface area contributed by atoms with Crippen LogP contribution in [-0.4, -0.2) is 51.7 Å². The Hall–Kier alpha value is -2.11. The van der Waals surface area contributed by atoms with Crippen LogP contribution in [0.4, 0.5) is 10.7 Å². The van der Waals surface area contributed by atoms with Crippen molar-refractivity contribution in [3.8, 4) is 0 Å². The maximum absolute atomic E-state index is 12.2. The fourth-order valence-electron chi connectivity index (χ4n) is 3.04. The molecule has 6 nitrogen and oxygen atoms in total. The van der Waals surface area contributed by atoms with Gasteiger partial charge in [-0.05, 0) is 27.2 Å². The average Bonchev–Trinajstić information content (AvgIpc) is 3.05. The number of piperazine rings is 1. The molecule has 2 fully saturated rings. The third-order valence-corrected chi connectivity index (χ3v) is 4.02. The summed E-state index contributed by atoms with van der Waals surface area (Å²) in [6.07, 6.45) is 6.00. The van der Waals surface area contributed by atoms with Crippen molar-refractivity contribution in [2.75, 3.05) is 18.0 Å². The Morgan fingerprint density at radius 3 is 2.50 bits per heavy atom. The number of hydrogen-bond acceptors (Lipinski definition) is 5. The number of carbonyl (C=O) groups is 1. The topological polar surface area (TPSA) is 58.6 Å². The van der Waals surface area contributed by atoms with Crippen molar-refractivity contribution < 1.29 is 9.53 Å². The van der Waals surface area contributed by atoms with Gasteiger partial charge in [-0.2, -0.15) is 0 Å². The third-order valence-electron chi connectivity index (χ3n) is 4.02. The van der Waals surface area contributed by atoms with Crippen LogP contribution in [-0.2, 0) is 4.74 Å². The summed E-state index contributed by atoms with van der Waals surface area (Å²) < 4.78 is 5.47. The molecule has 0 spiro atoms. The minimum absolute atomic E-state index is 0.183. The fourth-order valence-corrected chi connectivity index (χ4v) is 3.04. The molecule has 2 aliphatic heterocycles. The van der Waals surface area contributed by atoms with E-state index in [0.717, 1.165) is 24.5 Å². The molecule has 0 aliphatic carbocycles. The molecule has 3 heterocycles. The van der Waals surface area contributed by atoms with Gasteiger partial charge in [-0.1, -0.05) is 12.7 Å². The number of likely N-dealkylation sites (tertiary alicyclic amines) is 1. The highest BCUT2D eigenvalue weighted by molar-refractivity contribution is 5.70. The summed E-state index contributed by atoms with van der Waals surface area (Å²) in [7, 11) is 0. The van der Waals surface area contributed by atoms with Gasteiger partial charge in [0.25, 0.3) is 0 Å². The zero-order valence-electron chi connectivity index (χ0n) is 13.3. The van der Waals surface area contributed by atoms with E-state index in [9.17, 15) is 4.79 Å². The predicted octanol–water partition coefficient (Wildman–Crippen LogP) is 2.32. The van der Waals surface area contributed by atoms with Gasteiger partial charge in [0.05, 0.1) is 12.1 Å². The summed E-state index contributed by atoms with van der Waals surface area (Å²) in [5, 5.41) is 0. The van der Waals surface area contributed by atoms with Gasteiger partial charge < -0.3 is 14.5 Å².